The fourth-order valence-electron chi connectivity index (χ4n) is 6.08. The Morgan fingerprint density at radius 2 is 1.80 bits per heavy atom. The molecule has 0 radical (unpaired) electrons. The van der Waals surface area contributed by atoms with Crippen molar-refractivity contribution in [3.63, 3.8) is 0 Å². The van der Waals surface area contributed by atoms with Gasteiger partial charge in [0.2, 0.25) is 11.8 Å². The number of halogens is 1. The van der Waals surface area contributed by atoms with Crippen LogP contribution in [-0.2, 0) is 19.2 Å². The van der Waals surface area contributed by atoms with Gasteiger partial charge < -0.3 is 9.94 Å². The van der Waals surface area contributed by atoms with E-state index in [1.54, 1.807) is 12.1 Å². The van der Waals surface area contributed by atoms with Crippen molar-refractivity contribution >= 4 is 35.1 Å². The zero-order valence-electron chi connectivity index (χ0n) is 16.7. The number of hydrogen-bond acceptors (Lipinski definition) is 5. The number of nitrogens with zero attached hydrogens (tertiary/aromatic N) is 2. The quantitative estimate of drug-likeness (QED) is 0.724. The molecule has 4 aliphatic rings. The molecule has 7 atom stereocenters. The second-order valence-electron chi connectivity index (χ2n) is 9.22. The highest BCUT2D eigenvalue weighted by molar-refractivity contribution is 6.30. The van der Waals surface area contributed by atoms with Gasteiger partial charge in [-0.15, -0.1) is 0 Å². The second-order valence-corrected chi connectivity index (χ2v) is 9.66. The Hall–Kier alpha value is -2.41. The van der Waals surface area contributed by atoms with Gasteiger partial charge in [-0.25, -0.2) is 4.79 Å². The van der Waals surface area contributed by atoms with Crippen molar-refractivity contribution in [1.82, 2.24) is 4.90 Å². The zero-order chi connectivity index (χ0) is 21.3. The number of fused-ring (bicyclic) bond motifs is 8. The first-order valence-electron chi connectivity index (χ1n) is 10.4. The van der Waals surface area contributed by atoms with Crippen molar-refractivity contribution in [2.45, 2.75) is 38.8 Å². The molecule has 1 N–H and O–H groups in total. The molecular formula is C22H23ClN2O5. The van der Waals surface area contributed by atoms with E-state index in [1.165, 1.54) is 0 Å². The number of imide groups is 1. The maximum atomic E-state index is 13.3. The molecule has 0 aromatic heterocycles. The van der Waals surface area contributed by atoms with Crippen LogP contribution in [0, 0.1) is 35.5 Å². The maximum Gasteiger partial charge on any atom is 0.326 e. The molecule has 0 spiro atoms. The van der Waals surface area contributed by atoms with Crippen LogP contribution in [0.3, 0.4) is 0 Å². The fraction of sp³-hybridized carbons (Fsp3) is 0.545. The van der Waals surface area contributed by atoms with E-state index in [9.17, 15) is 19.5 Å². The molecule has 7 nitrogen and oxygen atoms in total. The first kappa shape index (κ1) is 19.5. The molecule has 158 valence electrons. The van der Waals surface area contributed by atoms with Gasteiger partial charge in [0.1, 0.15) is 12.1 Å². The molecule has 2 heterocycles. The minimum Gasteiger partial charge on any atom is -0.480 e. The smallest absolute Gasteiger partial charge is 0.326 e. The van der Waals surface area contributed by atoms with Gasteiger partial charge in [-0.05, 0) is 42.4 Å². The Labute approximate surface area is 179 Å². The maximum absolute atomic E-state index is 13.3. The number of amides is 2. The number of benzene rings is 1. The van der Waals surface area contributed by atoms with E-state index in [2.05, 4.69) is 5.16 Å². The van der Waals surface area contributed by atoms with Crippen molar-refractivity contribution in [2.75, 3.05) is 0 Å². The van der Waals surface area contributed by atoms with E-state index in [1.807, 2.05) is 26.0 Å². The number of aliphatic carboxylic acids is 1. The number of hydrogen-bond donors (Lipinski definition) is 1. The highest BCUT2D eigenvalue weighted by Gasteiger charge is 2.71. The highest BCUT2D eigenvalue weighted by Crippen LogP contribution is 2.62. The largest absolute Gasteiger partial charge is 0.480 e. The third-order valence-corrected chi connectivity index (χ3v) is 7.41. The molecule has 8 heteroatoms. The van der Waals surface area contributed by atoms with Crippen LogP contribution in [0.4, 0.5) is 0 Å². The van der Waals surface area contributed by atoms with Gasteiger partial charge in [0.25, 0.3) is 0 Å². The molecule has 2 bridgehead atoms. The molecule has 2 aliphatic carbocycles. The predicted molar refractivity (Wildman–Crippen MR) is 108 cm³/mol. The molecule has 0 unspecified atom stereocenters. The summed E-state index contributed by atoms with van der Waals surface area (Å²) in [5.41, 5.74) is 1.69. The van der Waals surface area contributed by atoms with Crippen molar-refractivity contribution in [3.8, 4) is 0 Å². The Morgan fingerprint density at radius 3 is 2.40 bits per heavy atom. The molecule has 2 aliphatic heterocycles. The Kier molecular flexibility index (Phi) is 4.43. The number of carbonyl (C=O) groups is 3. The van der Waals surface area contributed by atoms with Crippen LogP contribution in [0.25, 0.3) is 0 Å². The highest BCUT2D eigenvalue weighted by atomic mass is 35.5. The van der Waals surface area contributed by atoms with Crippen LogP contribution >= 0.6 is 11.6 Å². The molecule has 30 heavy (non-hydrogen) atoms. The van der Waals surface area contributed by atoms with Crippen LogP contribution in [0.5, 0.6) is 0 Å². The second kappa shape index (κ2) is 6.80. The van der Waals surface area contributed by atoms with Crippen LogP contribution in [0.1, 0.15) is 32.3 Å². The van der Waals surface area contributed by atoms with Gasteiger partial charge in [-0.1, -0.05) is 42.7 Å². The van der Waals surface area contributed by atoms with E-state index >= 15 is 0 Å². The number of carboxylic acid groups (broad SMARTS) is 1. The third-order valence-electron chi connectivity index (χ3n) is 7.16. The average Bonchev–Trinajstić information content (AvgIpc) is 3.41. The lowest BCUT2D eigenvalue weighted by Crippen LogP contribution is -2.47. The summed E-state index contributed by atoms with van der Waals surface area (Å²) in [6, 6.07) is 6.23. The van der Waals surface area contributed by atoms with Crippen LogP contribution in [-0.4, -0.2) is 45.6 Å². The van der Waals surface area contributed by atoms with Crippen LogP contribution in [0.15, 0.2) is 29.4 Å². The normalized spacial score (nSPS) is 34.8. The van der Waals surface area contributed by atoms with E-state index in [0.29, 0.717) is 5.02 Å². The average molecular weight is 431 g/mol. The van der Waals surface area contributed by atoms with Crippen LogP contribution in [0.2, 0.25) is 5.02 Å². The molecule has 2 saturated carbocycles. The van der Waals surface area contributed by atoms with Gasteiger partial charge in [0.05, 0.1) is 17.5 Å². The van der Waals surface area contributed by atoms with Gasteiger partial charge in [-0.2, -0.15) is 0 Å². The lowest BCUT2D eigenvalue weighted by Gasteiger charge is -2.29. The lowest BCUT2D eigenvalue weighted by atomic mass is 9.71. The molecule has 5 rings (SSSR count). The number of likely N-dealkylation sites (tertiary alicyclic amines) is 1. The molecule has 1 aromatic rings. The number of carbonyl (C=O) groups excluding carboxylic acids is 2. The summed E-state index contributed by atoms with van der Waals surface area (Å²) >= 11 is 6.00. The summed E-state index contributed by atoms with van der Waals surface area (Å²) < 4.78 is 0. The number of rotatable bonds is 5. The zero-order valence-corrected chi connectivity index (χ0v) is 17.5. The van der Waals surface area contributed by atoms with Gasteiger partial charge >= 0.3 is 5.97 Å². The number of oxime groups is 1. The Balaban J connectivity index is 1.46. The molecular weight excluding hydrogens is 408 g/mol. The topological polar surface area (TPSA) is 96.3 Å². The van der Waals surface area contributed by atoms with E-state index in [0.717, 1.165) is 22.6 Å². The van der Waals surface area contributed by atoms with Crippen molar-refractivity contribution in [3.05, 3.63) is 34.9 Å². The molecule has 2 amide bonds. The molecule has 3 fully saturated rings. The van der Waals surface area contributed by atoms with Gasteiger partial charge in [0, 0.05) is 16.9 Å². The SMILES string of the molecule is CC(C)C[C@H](C(=O)O)N1C(=O)[C@@H]2[C@@H]3C[C@@H]([C@H]4ON=C(c5ccc(Cl)cc5)[C@@H]34)[C@@H]2C1=O. The summed E-state index contributed by atoms with van der Waals surface area (Å²) in [6.45, 7) is 3.77. The van der Waals surface area contributed by atoms with E-state index < -0.39 is 23.8 Å². The molecule has 1 aromatic carbocycles. The minimum atomic E-state index is -1.13. The molecule has 1 saturated heterocycles. The summed E-state index contributed by atoms with van der Waals surface area (Å²) in [5.74, 6) is -3.02. The Morgan fingerprint density at radius 1 is 1.17 bits per heavy atom. The monoisotopic (exact) mass is 430 g/mol. The summed E-state index contributed by atoms with van der Waals surface area (Å²) in [7, 11) is 0. The first-order chi connectivity index (χ1) is 14.3. The number of carboxylic acids is 1. The summed E-state index contributed by atoms with van der Waals surface area (Å²) in [4.78, 5) is 45.2. The third kappa shape index (κ3) is 2.64. The van der Waals surface area contributed by atoms with E-state index in [4.69, 9.17) is 16.4 Å². The minimum absolute atomic E-state index is 0.0511. The standard InChI is InChI=1S/C22H23ClN2O5/c1-9(2)7-14(22(28)29)25-20(26)15-12-8-13(16(15)21(25)27)19-17(12)18(24-30-19)10-3-5-11(23)6-4-10/h3-6,9,12-17,19H,7-8H2,1-2H3,(H,28,29)/t12-,13+,14+,15+,16-,17+,19+/m0/s1. The van der Waals surface area contributed by atoms with E-state index in [-0.39, 0.29) is 48.0 Å². The summed E-state index contributed by atoms with van der Waals surface area (Å²) in [6.07, 6.45) is 0.736. The van der Waals surface area contributed by atoms with Crippen molar-refractivity contribution < 1.29 is 24.3 Å². The van der Waals surface area contributed by atoms with Crippen molar-refractivity contribution in [1.29, 1.82) is 0 Å². The Bertz CT molecular complexity index is 959. The first-order valence-corrected chi connectivity index (χ1v) is 10.8. The summed E-state index contributed by atoms with van der Waals surface area (Å²) in [5, 5.41) is 14.6. The van der Waals surface area contributed by atoms with Crippen LogP contribution < -0.4 is 0 Å². The fourth-order valence-corrected chi connectivity index (χ4v) is 6.20. The van der Waals surface area contributed by atoms with Gasteiger partial charge in [-0.3, -0.25) is 14.5 Å². The lowest BCUT2D eigenvalue weighted by molar-refractivity contribution is -0.156. The van der Waals surface area contributed by atoms with Gasteiger partial charge in [0.15, 0.2) is 0 Å². The van der Waals surface area contributed by atoms with Crippen molar-refractivity contribution in [2.24, 2.45) is 40.7 Å². The predicted octanol–water partition coefficient (Wildman–Crippen LogP) is 2.81.